The lowest BCUT2D eigenvalue weighted by Crippen LogP contribution is -2.08. The van der Waals surface area contributed by atoms with Gasteiger partial charge in [-0.25, -0.2) is 0 Å². The van der Waals surface area contributed by atoms with E-state index >= 15 is 0 Å². The molecule has 0 saturated carbocycles. The highest BCUT2D eigenvalue weighted by Crippen LogP contribution is 2.32. The maximum Gasteiger partial charge on any atom is 0.297 e. The van der Waals surface area contributed by atoms with Crippen LogP contribution in [0.2, 0.25) is 0 Å². The minimum atomic E-state index is -4.84. The third-order valence-electron chi connectivity index (χ3n) is 2.96. The fourth-order valence-electron chi connectivity index (χ4n) is 1.97. The monoisotopic (exact) mass is 382 g/mol. The number of hydrogen-bond donors (Lipinski definition) is 2. The maximum atomic E-state index is 11.9. The number of fused-ring (bicyclic) bond motifs is 1. The van der Waals surface area contributed by atoms with Gasteiger partial charge < -0.3 is 0 Å². The molecule has 12 heteroatoms. The van der Waals surface area contributed by atoms with E-state index < -0.39 is 50.4 Å². The molecular formula is C11H10O9S3. The van der Waals surface area contributed by atoms with E-state index in [2.05, 4.69) is 4.18 Å². The average Bonchev–Trinajstić information content (AvgIpc) is 2.43. The first-order chi connectivity index (χ1) is 10.4. The highest BCUT2D eigenvalue weighted by molar-refractivity contribution is 7.87. The van der Waals surface area contributed by atoms with Crippen molar-refractivity contribution in [3.63, 3.8) is 0 Å². The lowest BCUT2D eigenvalue weighted by Gasteiger charge is -2.11. The summed E-state index contributed by atoms with van der Waals surface area (Å²) in [4.78, 5) is -2.25. The van der Waals surface area contributed by atoms with Crippen LogP contribution in [0.25, 0.3) is 10.8 Å². The number of rotatable bonds is 4. The molecule has 0 aliphatic heterocycles. The predicted octanol–water partition coefficient (Wildman–Crippen LogP) is 0.668. The van der Waals surface area contributed by atoms with E-state index in [1.54, 1.807) is 0 Å². The van der Waals surface area contributed by atoms with Crippen molar-refractivity contribution in [3.8, 4) is 0 Å². The van der Waals surface area contributed by atoms with Crippen molar-refractivity contribution < 1.29 is 38.5 Å². The molecule has 0 atom stereocenters. The van der Waals surface area contributed by atoms with Gasteiger partial charge >= 0.3 is 0 Å². The summed E-state index contributed by atoms with van der Waals surface area (Å²) in [6.07, 6.45) is 0. The van der Waals surface area contributed by atoms with Gasteiger partial charge in [-0.2, -0.15) is 25.3 Å². The largest absolute Gasteiger partial charge is 0.297 e. The van der Waals surface area contributed by atoms with E-state index in [9.17, 15) is 29.8 Å². The molecule has 0 aromatic heterocycles. The molecule has 0 spiro atoms. The minimum absolute atomic E-state index is 0.200. The van der Waals surface area contributed by atoms with Crippen molar-refractivity contribution in [3.05, 3.63) is 30.3 Å². The van der Waals surface area contributed by atoms with Crippen LogP contribution in [0.5, 0.6) is 0 Å². The zero-order chi connectivity index (χ0) is 17.6. The Morgan fingerprint density at radius 3 is 1.91 bits per heavy atom. The second kappa shape index (κ2) is 5.51. The molecule has 0 fully saturated rings. The van der Waals surface area contributed by atoms with E-state index in [-0.39, 0.29) is 5.39 Å². The standard InChI is InChI=1S/C11H10O9S3/c1-20-23(18,19)11-6-7(21(12,13)14)5-9-8(11)3-2-4-10(9)22(15,16)17/h2-6H,1H3,(H,12,13,14)(H,15,16,17). The van der Waals surface area contributed by atoms with E-state index in [1.807, 2.05) is 0 Å². The lowest BCUT2D eigenvalue weighted by atomic mass is 10.1. The summed E-state index contributed by atoms with van der Waals surface area (Å²) in [5.74, 6) is 0. The van der Waals surface area contributed by atoms with Crippen molar-refractivity contribution in [2.75, 3.05) is 7.11 Å². The molecule has 23 heavy (non-hydrogen) atoms. The third-order valence-corrected chi connectivity index (χ3v) is 6.01. The zero-order valence-corrected chi connectivity index (χ0v) is 13.8. The normalized spacial score (nSPS) is 13.3. The minimum Gasteiger partial charge on any atom is -0.282 e. The predicted molar refractivity (Wildman–Crippen MR) is 77.8 cm³/mol. The summed E-state index contributed by atoms with van der Waals surface area (Å²) < 4.78 is 92.0. The van der Waals surface area contributed by atoms with E-state index in [4.69, 9.17) is 4.55 Å². The van der Waals surface area contributed by atoms with E-state index in [0.29, 0.717) is 6.07 Å². The Labute approximate surface area is 132 Å². The molecule has 2 aromatic carbocycles. The molecule has 0 heterocycles. The summed E-state index contributed by atoms with van der Waals surface area (Å²) in [5, 5.41) is -0.602. The first-order valence-electron chi connectivity index (χ1n) is 5.70. The fourth-order valence-corrected chi connectivity index (χ4v) is 4.17. The highest BCUT2D eigenvalue weighted by Gasteiger charge is 2.25. The maximum absolute atomic E-state index is 11.9. The molecule has 0 unspecified atom stereocenters. The van der Waals surface area contributed by atoms with Gasteiger partial charge in [0.2, 0.25) is 0 Å². The smallest absolute Gasteiger partial charge is 0.282 e. The van der Waals surface area contributed by atoms with Crippen LogP contribution in [0, 0.1) is 0 Å². The Kier molecular flexibility index (Phi) is 4.26. The Morgan fingerprint density at radius 2 is 1.43 bits per heavy atom. The zero-order valence-electron chi connectivity index (χ0n) is 11.4. The third kappa shape index (κ3) is 3.36. The summed E-state index contributed by atoms with van der Waals surface area (Å²) in [6, 6.07) is 4.68. The van der Waals surface area contributed by atoms with Crippen molar-refractivity contribution in [1.29, 1.82) is 0 Å². The van der Waals surface area contributed by atoms with Gasteiger partial charge in [0.15, 0.2) is 0 Å². The van der Waals surface area contributed by atoms with Crippen LogP contribution in [0.15, 0.2) is 45.0 Å². The van der Waals surface area contributed by atoms with Crippen LogP contribution in [-0.2, 0) is 34.5 Å². The topological polar surface area (TPSA) is 152 Å². The van der Waals surface area contributed by atoms with Crippen molar-refractivity contribution in [2.45, 2.75) is 14.7 Å². The summed E-state index contributed by atoms with van der Waals surface area (Å²) in [7, 11) is -13.2. The second-order valence-electron chi connectivity index (χ2n) is 4.34. The number of benzene rings is 2. The second-order valence-corrected chi connectivity index (χ2v) is 8.84. The average molecular weight is 382 g/mol. The highest BCUT2D eigenvalue weighted by atomic mass is 32.2. The molecule has 0 saturated heterocycles. The lowest BCUT2D eigenvalue weighted by molar-refractivity contribution is 0.398. The SMILES string of the molecule is COS(=O)(=O)c1cc(S(=O)(=O)O)cc2c(S(=O)(=O)O)cccc12. The fraction of sp³-hybridized carbons (Fsp3) is 0.0909. The van der Waals surface area contributed by atoms with Gasteiger partial charge in [0, 0.05) is 10.8 Å². The van der Waals surface area contributed by atoms with E-state index in [0.717, 1.165) is 25.3 Å². The van der Waals surface area contributed by atoms with Crippen molar-refractivity contribution in [2.24, 2.45) is 0 Å². The van der Waals surface area contributed by atoms with Crippen LogP contribution in [0.1, 0.15) is 0 Å². The molecule has 0 bridgehead atoms. The molecule has 0 aliphatic carbocycles. The first-order valence-corrected chi connectivity index (χ1v) is 9.99. The van der Waals surface area contributed by atoms with Gasteiger partial charge in [0.05, 0.1) is 12.0 Å². The molecule has 2 N–H and O–H groups in total. The van der Waals surface area contributed by atoms with Gasteiger partial charge in [-0.15, -0.1) is 0 Å². The molecule has 0 amide bonds. The van der Waals surface area contributed by atoms with Gasteiger partial charge in [-0.05, 0) is 18.2 Å². The van der Waals surface area contributed by atoms with Crippen molar-refractivity contribution >= 4 is 41.1 Å². The summed E-state index contributed by atoms with van der Waals surface area (Å²) >= 11 is 0. The molecule has 2 rings (SSSR count). The van der Waals surface area contributed by atoms with Crippen LogP contribution in [0.4, 0.5) is 0 Å². The van der Waals surface area contributed by atoms with Crippen LogP contribution in [-0.4, -0.2) is 41.5 Å². The first kappa shape index (κ1) is 17.8. The molecule has 9 nitrogen and oxygen atoms in total. The van der Waals surface area contributed by atoms with Gasteiger partial charge in [-0.3, -0.25) is 13.3 Å². The van der Waals surface area contributed by atoms with Crippen LogP contribution in [0.3, 0.4) is 0 Å². The van der Waals surface area contributed by atoms with Gasteiger partial charge in [0.25, 0.3) is 30.4 Å². The quantitative estimate of drug-likeness (QED) is 0.574. The Balaban J connectivity index is 3.15. The molecule has 0 aliphatic rings. The summed E-state index contributed by atoms with van der Waals surface area (Å²) in [5.41, 5.74) is 0. The molecule has 126 valence electrons. The van der Waals surface area contributed by atoms with Gasteiger partial charge in [-0.1, -0.05) is 12.1 Å². The van der Waals surface area contributed by atoms with Crippen molar-refractivity contribution in [1.82, 2.24) is 0 Å². The van der Waals surface area contributed by atoms with Crippen LogP contribution < -0.4 is 0 Å². The summed E-state index contributed by atoms with van der Waals surface area (Å²) in [6.45, 7) is 0. The Morgan fingerprint density at radius 1 is 0.826 bits per heavy atom. The van der Waals surface area contributed by atoms with Crippen LogP contribution >= 0.6 is 0 Å². The van der Waals surface area contributed by atoms with Gasteiger partial charge in [0.1, 0.15) is 9.79 Å². The molecule has 2 aromatic rings. The number of hydrogen-bond acceptors (Lipinski definition) is 7. The Hall–Kier alpha value is -1.57. The molecular weight excluding hydrogens is 372 g/mol. The Bertz CT molecular complexity index is 1100. The van der Waals surface area contributed by atoms with E-state index in [1.165, 1.54) is 6.07 Å². The molecule has 0 radical (unpaired) electrons.